The molecular weight excluding hydrogens is 364 g/mol. The molecule has 2 aromatic heterocycles. The summed E-state index contributed by atoms with van der Waals surface area (Å²) < 4.78 is 7.47. The van der Waals surface area contributed by atoms with Crippen molar-refractivity contribution in [3.8, 4) is 11.3 Å². The Balaban J connectivity index is 1.35. The maximum atomic E-state index is 12.3. The molecule has 0 aliphatic heterocycles. The summed E-state index contributed by atoms with van der Waals surface area (Å²) in [4.78, 5) is 20.9. The summed E-state index contributed by atoms with van der Waals surface area (Å²) in [5.41, 5.74) is 6.84. The van der Waals surface area contributed by atoms with Gasteiger partial charge in [0.1, 0.15) is 6.33 Å². The number of imidazole rings is 1. The number of fused-ring (bicyclic) bond motifs is 1. The van der Waals surface area contributed by atoms with Crippen LogP contribution in [0.4, 0.5) is 0 Å². The second kappa shape index (κ2) is 8.31. The van der Waals surface area contributed by atoms with Gasteiger partial charge in [-0.3, -0.25) is 10.2 Å². The molecule has 0 saturated heterocycles. The van der Waals surface area contributed by atoms with E-state index in [1.165, 1.54) is 5.56 Å². The Bertz CT molecular complexity index is 1110. The molecule has 0 saturated carbocycles. The SMILES string of the molecule is CC(C)Cc1ccc(-c2cnc(CCC(=O)Nn3cnc4ccccc43)o2)cc1. The Morgan fingerprint density at radius 2 is 1.90 bits per heavy atom. The molecule has 1 N–H and O–H groups in total. The first-order valence-corrected chi connectivity index (χ1v) is 9.84. The van der Waals surface area contributed by atoms with Gasteiger partial charge in [0.25, 0.3) is 0 Å². The molecule has 29 heavy (non-hydrogen) atoms. The first-order chi connectivity index (χ1) is 14.1. The number of para-hydroxylation sites is 2. The third-order valence-electron chi connectivity index (χ3n) is 4.70. The second-order valence-corrected chi connectivity index (χ2v) is 7.55. The molecule has 0 aliphatic rings. The van der Waals surface area contributed by atoms with Crippen molar-refractivity contribution in [3.63, 3.8) is 0 Å². The number of amides is 1. The molecule has 0 aliphatic carbocycles. The predicted octanol–water partition coefficient (Wildman–Crippen LogP) is 4.59. The third-order valence-corrected chi connectivity index (χ3v) is 4.70. The van der Waals surface area contributed by atoms with Gasteiger partial charge in [0.15, 0.2) is 11.7 Å². The highest BCUT2D eigenvalue weighted by atomic mass is 16.4. The van der Waals surface area contributed by atoms with Gasteiger partial charge in [0.2, 0.25) is 5.91 Å². The van der Waals surface area contributed by atoms with E-state index in [4.69, 9.17) is 4.42 Å². The fourth-order valence-corrected chi connectivity index (χ4v) is 3.29. The van der Waals surface area contributed by atoms with Crippen molar-refractivity contribution in [2.45, 2.75) is 33.1 Å². The molecule has 0 bridgehead atoms. The van der Waals surface area contributed by atoms with Crippen molar-refractivity contribution in [2.75, 3.05) is 5.43 Å². The number of nitrogens with one attached hydrogen (secondary N) is 1. The first kappa shape index (κ1) is 18.9. The van der Waals surface area contributed by atoms with Gasteiger partial charge in [0.05, 0.1) is 17.2 Å². The molecule has 1 amide bonds. The number of carbonyl (C=O) groups is 1. The van der Waals surface area contributed by atoms with Crippen molar-refractivity contribution < 1.29 is 9.21 Å². The van der Waals surface area contributed by atoms with Crippen LogP contribution in [-0.2, 0) is 17.6 Å². The molecule has 4 rings (SSSR count). The van der Waals surface area contributed by atoms with Crippen LogP contribution in [0.25, 0.3) is 22.4 Å². The van der Waals surface area contributed by atoms with Gasteiger partial charge in [-0.25, -0.2) is 14.6 Å². The molecule has 0 fully saturated rings. The second-order valence-electron chi connectivity index (χ2n) is 7.55. The third kappa shape index (κ3) is 4.54. The number of hydrogen-bond acceptors (Lipinski definition) is 4. The number of aryl methyl sites for hydroxylation is 1. The maximum Gasteiger partial charge on any atom is 0.239 e. The average molecular weight is 388 g/mol. The largest absolute Gasteiger partial charge is 0.441 e. The summed E-state index contributed by atoms with van der Waals surface area (Å²) in [5.74, 6) is 1.78. The highest BCUT2D eigenvalue weighted by molar-refractivity contribution is 5.86. The van der Waals surface area contributed by atoms with Gasteiger partial charge in [0, 0.05) is 18.4 Å². The van der Waals surface area contributed by atoms with Crippen LogP contribution >= 0.6 is 0 Å². The van der Waals surface area contributed by atoms with Crippen molar-refractivity contribution in [1.29, 1.82) is 0 Å². The zero-order chi connectivity index (χ0) is 20.2. The van der Waals surface area contributed by atoms with Crippen LogP contribution < -0.4 is 5.43 Å². The van der Waals surface area contributed by atoms with Crippen LogP contribution in [0.3, 0.4) is 0 Å². The number of carbonyl (C=O) groups excluding carboxylic acids is 1. The van der Waals surface area contributed by atoms with E-state index < -0.39 is 0 Å². The maximum absolute atomic E-state index is 12.3. The Morgan fingerprint density at radius 1 is 1.10 bits per heavy atom. The number of nitrogens with zero attached hydrogens (tertiary/aromatic N) is 3. The van der Waals surface area contributed by atoms with Crippen molar-refractivity contribution >= 4 is 16.9 Å². The number of benzene rings is 2. The Hall–Kier alpha value is -3.41. The van der Waals surface area contributed by atoms with Gasteiger partial charge in [-0.05, 0) is 30.0 Å². The summed E-state index contributed by atoms with van der Waals surface area (Å²) in [6.45, 7) is 4.42. The van der Waals surface area contributed by atoms with E-state index >= 15 is 0 Å². The summed E-state index contributed by atoms with van der Waals surface area (Å²) in [6.07, 6.45) is 5.09. The van der Waals surface area contributed by atoms with Gasteiger partial charge < -0.3 is 4.42 Å². The van der Waals surface area contributed by atoms with Crippen LogP contribution in [-0.4, -0.2) is 20.6 Å². The van der Waals surface area contributed by atoms with Gasteiger partial charge >= 0.3 is 0 Å². The van der Waals surface area contributed by atoms with Gasteiger partial charge in [-0.1, -0.05) is 50.2 Å². The minimum Gasteiger partial charge on any atom is -0.441 e. The summed E-state index contributed by atoms with van der Waals surface area (Å²) >= 11 is 0. The summed E-state index contributed by atoms with van der Waals surface area (Å²) in [5, 5.41) is 0. The Morgan fingerprint density at radius 3 is 2.69 bits per heavy atom. The molecule has 4 aromatic rings. The molecule has 6 nitrogen and oxygen atoms in total. The molecule has 0 atom stereocenters. The zero-order valence-corrected chi connectivity index (χ0v) is 16.6. The van der Waals surface area contributed by atoms with E-state index in [-0.39, 0.29) is 12.3 Å². The average Bonchev–Trinajstić information content (AvgIpc) is 3.34. The van der Waals surface area contributed by atoms with E-state index in [2.05, 4.69) is 53.5 Å². The van der Waals surface area contributed by atoms with Gasteiger partial charge in [-0.2, -0.15) is 0 Å². The molecule has 0 radical (unpaired) electrons. The Labute approximate surface area is 169 Å². The van der Waals surface area contributed by atoms with E-state index in [1.807, 2.05) is 24.3 Å². The van der Waals surface area contributed by atoms with E-state index in [0.29, 0.717) is 18.2 Å². The molecule has 148 valence electrons. The van der Waals surface area contributed by atoms with Crippen molar-refractivity contribution in [3.05, 3.63) is 72.5 Å². The molecule has 2 aromatic carbocycles. The van der Waals surface area contributed by atoms with Crippen molar-refractivity contribution in [1.82, 2.24) is 14.6 Å². The van der Waals surface area contributed by atoms with Crippen LogP contribution in [0.15, 0.2) is 65.5 Å². The van der Waals surface area contributed by atoms with Crippen LogP contribution in [0.2, 0.25) is 0 Å². The molecular formula is C23H24N4O2. The lowest BCUT2D eigenvalue weighted by atomic mass is 10.0. The molecule has 6 heteroatoms. The van der Waals surface area contributed by atoms with Gasteiger partial charge in [-0.15, -0.1) is 0 Å². The fraction of sp³-hybridized carbons (Fsp3) is 0.261. The van der Waals surface area contributed by atoms with E-state index in [1.54, 1.807) is 17.2 Å². The quantitative estimate of drug-likeness (QED) is 0.502. The lowest BCUT2D eigenvalue weighted by Gasteiger charge is -2.06. The number of aromatic nitrogens is 3. The fourth-order valence-electron chi connectivity index (χ4n) is 3.29. The molecule has 0 spiro atoms. The summed E-state index contributed by atoms with van der Waals surface area (Å²) in [7, 11) is 0. The standard InChI is InChI=1S/C23H24N4O2/c1-16(2)13-17-7-9-18(10-8-17)21-14-24-23(29-21)12-11-22(28)26-27-15-25-19-5-3-4-6-20(19)27/h3-10,14-16H,11-13H2,1-2H3,(H,26,28). The minimum absolute atomic E-state index is 0.119. The monoisotopic (exact) mass is 388 g/mol. The van der Waals surface area contributed by atoms with E-state index in [9.17, 15) is 4.79 Å². The smallest absolute Gasteiger partial charge is 0.239 e. The lowest BCUT2D eigenvalue weighted by Crippen LogP contribution is -2.22. The highest BCUT2D eigenvalue weighted by Gasteiger charge is 2.11. The van der Waals surface area contributed by atoms with Crippen LogP contribution in [0.5, 0.6) is 0 Å². The summed E-state index contributed by atoms with van der Waals surface area (Å²) in [6, 6.07) is 16.0. The topological polar surface area (TPSA) is 73.0 Å². The molecule has 2 heterocycles. The number of hydrogen-bond donors (Lipinski definition) is 1. The minimum atomic E-state index is -0.119. The Kier molecular flexibility index (Phi) is 5.42. The first-order valence-electron chi connectivity index (χ1n) is 9.84. The number of oxazole rings is 1. The normalized spacial score (nSPS) is 11.3. The van der Waals surface area contributed by atoms with Crippen LogP contribution in [0, 0.1) is 5.92 Å². The van der Waals surface area contributed by atoms with Crippen LogP contribution in [0.1, 0.15) is 31.7 Å². The predicted molar refractivity (Wildman–Crippen MR) is 113 cm³/mol. The molecule has 0 unspecified atom stereocenters. The van der Waals surface area contributed by atoms with E-state index in [0.717, 1.165) is 28.8 Å². The zero-order valence-electron chi connectivity index (χ0n) is 16.6. The van der Waals surface area contributed by atoms with Crippen molar-refractivity contribution in [2.24, 2.45) is 5.92 Å². The highest BCUT2D eigenvalue weighted by Crippen LogP contribution is 2.22. The lowest BCUT2D eigenvalue weighted by molar-refractivity contribution is -0.117. The number of rotatable bonds is 7.